The molecular formula is C16H21BrO2. The van der Waals surface area contributed by atoms with Gasteiger partial charge in [0.05, 0.1) is 7.11 Å². The molecule has 104 valence electrons. The van der Waals surface area contributed by atoms with E-state index in [9.17, 15) is 4.79 Å². The summed E-state index contributed by atoms with van der Waals surface area (Å²) in [6.45, 7) is 0. The summed E-state index contributed by atoms with van der Waals surface area (Å²) in [5.41, 5.74) is 2.62. The molecule has 1 aromatic rings. The van der Waals surface area contributed by atoms with E-state index >= 15 is 0 Å². The van der Waals surface area contributed by atoms with E-state index in [2.05, 4.69) is 40.2 Å². The highest BCUT2D eigenvalue weighted by Gasteiger charge is 2.17. The number of hydrogen-bond acceptors (Lipinski definition) is 2. The first-order valence-electron chi connectivity index (χ1n) is 7.01. The van der Waals surface area contributed by atoms with Gasteiger partial charge < -0.3 is 4.74 Å². The van der Waals surface area contributed by atoms with Crippen LogP contribution in [0.3, 0.4) is 0 Å². The smallest absolute Gasteiger partial charge is 0.319 e. The molecule has 19 heavy (non-hydrogen) atoms. The largest absolute Gasteiger partial charge is 0.468 e. The van der Waals surface area contributed by atoms with E-state index in [0.29, 0.717) is 6.42 Å². The molecule has 1 aliphatic rings. The van der Waals surface area contributed by atoms with Crippen molar-refractivity contribution in [3.63, 3.8) is 0 Å². The molecule has 1 aromatic carbocycles. The SMILES string of the molecule is COC(=O)C(Br)Cc1ccc(C2CCCCC2)cc1. The molecule has 1 unspecified atom stereocenters. The molecule has 0 radical (unpaired) electrons. The van der Waals surface area contributed by atoms with Crippen LogP contribution < -0.4 is 0 Å². The van der Waals surface area contributed by atoms with E-state index in [4.69, 9.17) is 4.74 Å². The van der Waals surface area contributed by atoms with Crippen molar-refractivity contribution in [3.05, 3.63) is 35.4 Å². The van der Waals surface area contributed by atoms with Crippen molar-refractivity contribution in [1.29, 1.82) is 0 Å². The van der Waals surface area contributed by atoms with Crippen molar-refractivity contribution in [2.75, 3.05) is 7.11 Å². The molecule has 0 aliphatic heterocycles. The number of halogens is 1. The summed E-state index contributed by atoms with van der Waals surface area (Å²) in [4.78, 5) is 11.1. The average molecular weight is 325 g/mol. The molecule has 0 N–H and O–H groups in total. The van der Waals surface area contributed by atoms with Crippen LogP contribution in [0.25, 0.3) is 0 Å². The van der Waals surface area contributed by atoms with Gasteiger partial charge in [0.25, 0.3) is 0 Å². The second-order valence-corrected chi connectivity index (χ2v) is 6.38. The number of esters is 1. The number of hydrogen-bond donors (Lipinski definition) is 0. The van der Waals surface area contributed by atoms with Crippen LogP contribution in [0, 0.1) is 0 Å². The Balaban J connectivity index is 1.96. The summed E-state index contributed by atoms with van der Waals surface area (Å²) in [6, 6.07) is 8.73. The van der Waals surface area contributed by atoms with Crippen molar-refractivity contribution in [3.8, 4) is 0 Å². The number of ether oxygens (including phenoxy) is 1. The number of benzene rings is 1. The summed E-state index contributed by atoms with van der Waals surface area (Å²) in [7, 11) is 1.42. The van der Waals surface area contributed by atoms with Crippen molar-refractivity contribution in [2.24, 2.45) is 0 Å². The normalized spacial score (nSPS) is 18.0. The van der Waals surface area contributed by atoms with Crippen LogP contribution >= 0.6 is 15.9 Å². The highest BCUT2D eigenvalue weighted by atomic mass is 79.9. The molecule has 2 rings (SSSR count). The molecule has 1 aliphatic carbocycles. The summed E-state index contributed by atoms with van der Waals surface area (Å²) in [6.07, 6.45) is 7.43. The molecule has 0 saturated heterocycles. The maximum atomic E-state index is 11.4. The predicted octanol–water partition coefficient (Wildman–Crippen LogP) is 4.21. The fourth-order valence-electron chi connectivity index (χ4n) is 2.78. The third kappa shape index (κ3) is 4.07. The van der Waals surface area contributed by atoms with Crippen LogP contribution in [0.15, 0.2) is 24.3 Å². The second kappa shape index (κ2) is 7.09. The lowest BCUT2D eigenvalue weighted by atomic mass is 9.84. The highest BCUT2D eigenvalue weighted by Crippen LogP contribution is 2.32. The summed E-state index contributed by atoms with van der Waals surface area (Å²) in [5, 5.41) is 0. The highest BCUT2D eigenvalue weighted by molar-refractivity contribution is 9.10. The molecule has 0 bridgehead atoms. The predicted molar refractivity (Wildman–Crippen MR) is 80.7 cm³/mol. The van der Waals surface area contributed by atoms with Gasteiger partial charge in [0, 0.05) is 0 Å². The number of carbonyl (C=O) groups is 1. The van der Waals surface area contributed by atoms with E-state index in [-0.39, 0.29) is 10.8 Å². The minimum atomic E-state index is -0.252. The summed E-state index contributed by atoms with van der Waals surface area (Å²) < 4.78 is 4.72. The third-order valence-electron chi connectivity index (χ3n) is 3.93. The van der Waals surface area contributed by atoms with Crippen LogP contribution in [0.1, 0.15) is 49.1 Å². The Morgan fingerprint density at radius 2 is 1.89 bits per heavy atom. The van der Waals surface area contributed by atoms with Crippen molar-refractivity contribution in [2.45, 2.75) is 49.3 Å². The van der Waals surface area contributed by atoms with Crippen LogP contribution in [0.4, 0.5) is 0 Å². The third-order valence-corrected chi connectivity index (χ3v) is 4.63. The Bertz CT molecular complexity index is 407. The van der Waals surface area contributed by atoms with E-state index in [1.165, 1.54) is 50.3 Å². The van der Waals surface area contributed by atoms with Crippen molar-refractivity contribution < 1.29 is 9.53 Å². The van der Waals surface area contributed by atoms with Gasteiger partial charge in [-0.3, -0.25) is 4.79 Å². The molecule has 1 fully saturated rings. The number of methoxy groups -OCH3 is 1. The van der Waals surface area contributed by atoms with Crippen LogP contribution in [-0.4, -0.2) is 17.9 Å². The molecule has 3 heteroatoms. The number of rotatable bonds is 4. The minimum absolute atomic E-state index is 0.212. The standard InChI is InChI=1S/C16H21BrO2/c1-19-16(18)15(17)11-12-7-9-14(10-8-12)13-5-3-2-4-6-13/h7-10,13,15H,2-6,11H2,1H3. The minimum Gasteiger partial charge on any atom is -0.468 e. The van der Waals surface area contributed by atoms with Crippen molar-refractivity contribution >= 4 is 21.9 Å². The summed E-state index contributed by atoms with van der Waals surface area (Å²) >= 11 is 3.36. The number of alkyl halides is 1. The lowest BCUT2D eigenvalue weighted by molar-refractivity contribution is -0.139. The fourth-order valence-corrected chi connectivity index (χ4v) is 3.34. The second-order valence-electron chi connectivity index (χ2n) is 5.27. The van der Waals surface area contributed by atoms with Gasteiger partial charge in [0.15, 0.2) is 0 Å². The Labute approximate surface area is 123 Å². The van der Waals surface area contributed by atoms with Gasteiger partial charge in [-0.25, -0.2) is 0 Å². The lowest BCUT2D eigenvalue weighted by Crippen LogP contribution is -2.18. The zero-order chi connectivity index (χ0) is 13.7. The summed E-state index contributed by atoms with van der Waals surface area (Å²) in [5.74, 6) is 0.527. The average Bonchev–Trinajstić information content (AvgIpc) is 2.48. The zero-order valence-electron chi connectivity index (χ0n) is 11.4. The molecule has 0 spiro atoms. The zero-order valence-corrected chi connectivity index (χ0v) is 13.0. The number of carbonyl (C=O) groups excluding carboxylic acids is 1. The van der Waals surface area contributed by atoms with Gasteiger partial charge >= 0.3 is 5.97 Å². The molecule has 1 saturated carbocycles. The molecule has 0 aromatic heterocycles. The molecule has 0 amide bonds. The Morgan fingerprint density at radius 1 is 1.26 bits per heavy atom. The molecule has 0 heterocycles. The van der Waals surface area contributed by atoms with Gasteiger partial charge in [0.2, 0.25) is 0 Å². The van der Waals surface area contributed by atoms with Crippen LogP contribution in [0.5, 0.6) is 0 Å². The van der Waals surface area contributed by atoms with E-state index in [0.717, 1.165) is 5.92 Å². The maximum absolute atomic E-state index is 11.4. The first kappa shape index (κ1) is 14.6. The fraction of sp³-hybridized carbons (Fsp3) is 0.562. The topological polar surface area (TPSA) is 26.3 Å². The molecule has 1 atom stereocenters. The maximum Gasteiger partial charge on any atom is 0.319 e. The molecular weight excluding hydrogens is 304 g/mol. The van der Waals surface area contributed by atoms with E-state index < -0.39 is 0 Å². The Kier molecular flexibility index (Phi) is 5.44. The van der Waals surface area contributed by atoms with Gasteiger partial charge in [-0.2, -0.15) is 0 Å². The Hall–Kier alpha value is -0.830. The first-order valence-corrected chi connectivity index (χ1v) is 7.93. The van der Waals surface area contributed by atoms with Gasteiger partial charge in [-0.15, -0.1) is 0 Å². The molecule has 2 nitrogen and oxygen atoms in total. The van der Waals surface area contributed by atoms with E-state index in [1.807, 2.05) is 0 Å². The van der Waals surface area contributed by atoms with Gasteiger partial charge in [-0.05, 0) is 36.3 Å². The first-order chi connectivity index (χ1) is 9.20. The van der Waals surface area contributed by atoms with Crippen LogP contribution in [0.2, 0.25) is 0 Å². The lowest BCUT2D eigenvalue weighted by Gasteiger charge is -2.22. The Morgan fingerprint density at radius 3 is 2.47 bits per heavy atom. The van der Waals surface area contributed by atoms with Gasteiger partial charge in [-0.1, -0.05) is 59.5 Å². The van der Waals surface area contributed by atoms with Gasteiger partial charge in [0.1, 0.15) is 4.83 Å². The van der Waals surface area contributed by atoms with Crippen molar-refractivity contribution in [1.82, 2.24) is 0 Å². The van der Waals surface area contributed by atoms with E-state index in [1.54, 1.807) is 0 Å². The monoisotopic (exact) mass is 324 g/mol. The van der Waals surface area contributed by atoms with Crippen LogP contribution in [-0.2, 0) is 16.0 Å². The quantitative estimate of drug-likeness (QED) is 0.612.